The third-order valence-electron chi connectivity index (χ3n) is 21.7. The van der Waals surface area contributed by atoms with Crippen molar-refractivity contribution in [2.75, 3.05) is 26.4 Å². The summed E-state index contributed by atoms with van der Waals surface area (Å²) < 4.78 is 58.2. The minimum absolute atomic E-state index is 0.0213. The van der Waals surface area contributed by atoms with E-state index in [9.17, 15) is 65.8 Å². The Kier molecular flexibility index (Phi) is 18.1. The van der Waals surface area contributed by atoms with E-state index in [1.165, 1.54) is 26.3 Å². The minimum atomic E-state index is -1.89. The number of aliphatic hydroxyl groups excluding tert-OH is 11. The molecule has 81 heavy (non-hydrogen) atoms. The Bertz CT molecular complexity index is 2300. The third kappa shape index (κ3) is 10.9. The van der Waals surface area contributed by atoms with Crippen LogP contribution < -0.4 is 0 Å². The van der Waals surface area contributed by atoms with Crippen LogP contribution in [0.3, 0.4) is 0 Å². The summed E-state index contributed by atoms with van der Waals surface area (Å²) >= 11 is 0. The number of rotatable bonds is 13. The largest absolute Gasteiger partial charge is 0.456 e. The quantitative estimate of drug-likeness (QED) is 0.0490. The van der Waals surface area contributed by atoms with Crippen molar-refractivity contribution >= 4 is 17.9 Å². The Morgan fingerprint density at radius 3 is 1.93 bits per heavy atom. The Morgan fingerprint density at radius 1 is 0.617 bits per heavy atom. The molecule has 4 saturated carbocycles. The summed E-state index contributed by atoms with van der Waals surface area (Å²) in [6.07, 6.45) is -21.4. The first-order valence-electron chi connectivity index (χ1n) is 29.0. The topological polar surface area (TPSA) is 366 Å². The fourth-order valence-corrected chi connectivity index (χ4v) is 16.7. The molecular weight excluding hydrogens is 1070 g/mol. The molecule has 0 aromatic heterocycles. The molecule has 0 aromatic carbocycles. The van der Waals surface area contributed by atoms with Crippen LogP contribution in [0.5, 0.6) is 0 Å². The number of aliphatic hydroxyl groups is 11. The Balaban J connectivity index is 0.894. The molecular formula is C57H90O24. The van der Waals surface area contributed by atoms with E-state index in [4.69, 9.17) is 47.4 Å². The van der Waals surface area contributed by atoms with E-state index < -0.39 is 165 Å². The lowest BCUT2D eigenvalue weighted by atomic mass is 9.33. The van der Waals surface area contributed by atoms with E-state index in [-0.39, 0.29) is 52.6 Å². The van der Waals surface area contributed by atoms with Crippen LogP contribution in [0, 0.1) is 50.2 Å². The predicted molar refractivity (Wildman–Crippen MR) is 276 cm³/mol. The molecule has 9 aliphatic rings. The van der Waals surface area contributed by atoms with Crippen molar-refractivity contribution in [3.8, 4) is 0 Å². The van der Waals surface area contributed by atoms with Gasteiger partial charge in [-0.2, -0.15) is 0 Å². The van der Waals surface area contributed by atoms with Crippen LogP contribution in [0.2, 0.25) is 0 Å². The van der Waals surface area contributed by atoms with Crippen molar-refractivity contribution in [1.29, 1.82) is 0 Å². The normalized spacial score (nSPS) is 51.5. The first kappa shape index (κ1) is 62.9. The van der Waals surface area contributed by atoms with Crippen LogP contribution in [0.25, 0.3) is 0 Å². The fraction of sp³-hybridized carbons (Fsp3) is 0.912. The molecule has 9 rings (SSSR count). The summed E-state index contributed by atoms with van der Waals surface area (Å²) in [5.74, 6) is -2.04. The van der Waals surface area contributed by atoms with Gasteiger partial charge in [-0.1, -0.05) is 53.2 Å². The van der Waals surface area contributed by atoms with Crippen molar-refractivity contribution in [2.24, 2.45) is 50.2 Å². The Labute approximate surface area is 472 Å². The fourth-order valence-electron chi connectivity index (χ4n) is 16.7. The lowest BCUT2D eigenvalue weighted by Gasteiger charge is -2.71. The molecule has 24 heteroatoms. The molecule has 11 N–H and O–H groups in total. The van der Waals surface area contributed by atoms with Gasteiger partial charge in [0.2, 0.25) is 6.29 Å². The number of carbonyl (C=O) groups excluding carboxylic acids is 3. The summed E-state index contributed by atoms with van der Waals surface area (Å²) in [7, 11) is 0. The van der Waals surface area contributed by atoms with Gasteiger partial charge in [0.1, 0.15) is 73.2 Å². The molecule has 0 bridgehead atoms. The second kappa shape index (κ2) is 23.3. The Hall–Kier alpha value is -2.57. The minimum Gasteiger partial charge on any atom is -0.456 e. The molecule has 4 aliphatic heterocycles. The zero-order chi connectivity index (χ0) is 59.3. The summed E-state index contributed by atoms with van der Waals surface area (Å²) in [6, 6.07) is 0. The lowest BCUT2D eigenvalue weighted by Crippen LogP contribution is -2.67. The van der Waals surface area contributed by atoms with Crippen molar-refractivity contribution in [2.45, 2.75) is 249 Å². The van der Waals surface area contributed by atoms with E-state index in [1.807, 2.05) is 6.92 Å². The van der Waals surface area contributed by atoms with Crippen LogP contribution >= 0.6 is 0 Å². The highest BCUT2D eigenvalue weighted by Gasteiger charge is 2.71. The lowest BCUT2D eigenvalue weighted by molar-refractivity contribution is -0.361. The molecule has 0 aromatic rings. The SMILES string of the molecule is CC(=O)O[C@@H]1[C@@H](O)[C@H](O[C@H]2CC[C@@]3(C)[C@@H](CC[C@]4(C)[C@@H]3CC=C3[C@@H]5CC(C)(C)CC[C@]5(C(=O)O[C@@H]5O[C@H](CO[C@@H]6O[C@H](CO)[C@@H](O[C@@H]7O[C@@H](C)[C@H](O)[C@@H](O)[C@H]7O)[C@H](O)[C@H]6O)[C@@H](O)[C@H](O)[C@H]5O)CC[C@]34C)[C@]2(C)CO)OC[C@@H]1OC(C)=O. The van der Waals surface area contributed by atoms with Gasteiger partial charge in [0.25, 0.3) is 0 Å². The molecule has 462 valence electrons. The average molecular weight is 1160 g/mol. The van der Waals surface area contributed by atoms with Crippen LogP contribution in [-0.4, -0.2) is 223 Å². The average Bonchev–Trinajstić information content (AvgIpc) is 3.61. The van der Waals surface area contributed by atoms with E-state index in [2.05, 4.69) is 40.7 Å². The highest BCUT2D eigenvalue weighted by Crippen LogP contribution is 2.76. The van der Waals surface area contributed by atoms with Gasteiger partial charge in [-0.15, -0.1) is 0 Å². The molecule has 0 spiro atoms. The zero-order valence-electron chi connectivity index (χ0n) is 48.0. The van der Waals surface area contributed by atoms with Crippen molar-refractivity contribution in [1.82, 2.24) is 0 Å². The van der Waals surface area contributed by atoms with E-state index >= 15 is 4.79 Å². The van der Waals surface area contributed by atoms with Crippen LogP contribution in [0.4, 0.5) is 0 Å². The first-order valence-corrected chi connectivity index (χ1v) is 29.0. The maximum atomic E-state index is 15.2. The molecule has 4 saturated heterocycles. The molecule has 28 atom stereocenters. The standard InChI is InChI=1S/C57H90O24/c1-25-36(62)38(64)41(67)49(74-25)80-45-30(21-58)77-47(43(69)40(45)66)72-22-31-37(63)39(65)42(68)50(78-31)81-51(71)57-18-16-52(4,5)20-29(57)28-10-11-34-53(6)14-13-35(54(7,24-59)33(53)12-15-56(34,9)55(28,8)17-19-57)79-48-44(70)46(76-27(3)61)32(23-73-48)75-26(2)60/h10,25,29-50,58-59,62-70H,11-24H2,1-9H3/t25-,29-,30+,31+,32-,33+,34+,35-,36-,37+,38+,39-,40+,41+,42+,43+,44+,45+,46-,47+,48-,49-,50-,53-,54-,55+,56+,57-/m0/s1. The van der Waals surface area contributed by atoms with Gasteiger partial charge in [-0.05, 0) is 111 Å². The molecule has 4 heterocycles. The number of fused-ring (bicyclic) bond motifs is 7. The molecule has 0 unspecified atom stereocenters. The van der Waals surface area contributed by atoms with Crippen molar-refractivity contribution in [3.05, 3.63) is 11.6 Å². The van der Waals surface area contributed by atoms with Gasteiger partial charge in [-0.3, -0.25) is 14.4 Å². The van der Waals surface area contributed by atoms with E-state index in [0.29, 0.717) is 44.9 Å². The third-order valence-corrected chi connectivity index (χ3v) is 21.7. The number of allylic oxidation sites excluding steroid dienone is 2. The van der Waals surface area contributed by atoms with E-state index in [0.717, 1.165) is 19.3 Å². The number of hydrogen-bond acceptors (Lipinski definition) is 24. The van der Waals surface area contributed by atoms with Crippen molar-refractivity contribution < 1.29 is 118 Å². The maximum absolute atomic E-state index is 15.2. The number of carbonyl (C=O) groups is 3. The summed E-state index contributed by atoms with van der Waals surface area (Å²) in [6.45, 7) is 15.5. The Morgan fingerprint density at radius 2 is 1.26 bits per heavy atom. The van der Waals surface area contributed by atoms with Crippen LogP contribution in [0.1, 0.15) is 127 Å². The molecule has 8 fully saturated rings. The smallest absolute Gasteiger partial charge is 0.315 e. The van der Waals surface area contributed by atoms with E-state index in [1.54, 1.807) is 0 Å². The van der Waals surface area contributed by atoms with Gasteiger partial charge >= 0.3 is 17.9 Å². The maximum Gasteiger partial charge on any atom is 0.315 e. The van der Waals surface area contributed by atoms with Gasteiger partial charge in [0.15, 0.2) is 31.1 Å². The second-order valence-electron chi connectivity index (χ2n) is 26.9. The number of esters is 3. The second-order valence-corrected chi connectivity index (χ2v) is 26.9. The molecule has 0 radical (unpaired) electrons. The van der Waals surface area contributed by atoms with Gasteiger partial charge in [-0.25, -0.2) is 0 Å². The number of ether oxygens (including phenoxy) is 10. The zero-order valence-corrected chi connectivity index (χ0v) is 48.0. The summed E-state index contributed by atoms with van der Waals surface area (Å²) in [5.41, 5.74) is -1.72. The van der Waals surface area contributed by atoms with Gasteiger partial charge < -0.3 is 104 Å². The monoisotopic (exact) mass is 1160 g/mol. The first-order chi connectivity index (χ1) is 37.9. The van der Waals surface area contributed by atoms with Crippen LogP contribution in [-0.2, 0) is 61.8 Å². The highest BCUT2D eigenvalue weighted by molar-refractivity contribution is 5.79. The highest BCUT2D eigenvalue weighted by atomic mass is 16.8. The van der Waals surface area contributed by atoms with Crippen molar-refractivity contribution in [3.63, 3.8) is 0 Å². The molecule has 24 nitrogen and oxygen atoms in total. The summed E-state index contributed by atoms with van der Waals surface area (Å²) in [5, 5.41) is 120. The summed E-state index contributed by atoms with van der Waals surface area (Å²) in [4.78, 5) is 39.2. The van der Waals surface area contributed by atoms with Gasteiger partial charge in [0, 0.05) is 19.3 Å². The molecule has 0 amide bonds. The molecule has 5 aliphatic carbocycles. The van der Waals surface area contributed by atoms with Crippen LogP contribution in [0.15, 0.2) is 11.6 Å². The van der Waals surface area contributed by atoms with Gasteiger partial charge in [0.05, 0.1) is 44.1 Å². The number of hydrogen-bond donors (Lipinski definition) is 11. The predicted octanol–water partition coefficient (Wildman–Crippen LogP) is -0.255.